The van der Waals surface area contributed by atoms with Gasteiger partial charge in [-0.05, 0) is 30.9 Å². The summed E-state index contributed by atoms with van der Waals surface area (Å²) in [7, 11) is 0. The zero-order valence-electron chi connectivity index (χ0n) is 12.0. The fourth-order valence-corrected chi connectivity index (χ4v) is 2.26. The highest BCUT2D eigenvalue weighted by atomic mass is 16.5. The summed E-state index contributed by atoms with van der Waals surface area (Å²) < 4.78 is 5.26. The number of nitrogens with one attached hydrogen (secondary N) is 2. The van der Waals surface area contributed by atoms with Gasteiger partial charge in [0, 0.05) is 45.1 Å². The lowest BCUT2D eigenvalue weighted by Crippen LogP contribution is -2.35. The number of aromatic nitrogens is 1. The van der Waals surface area contributed by atoms with Crippen molar-refractivity contribution in [2.45, 2.75) is 19.3 Å². The first kappa shape index (κ1) is 15.4. The summed E-state index contributed by atoms with van der Waals surface area (Å²) in [6.07, 6.45) is 5.57. The Labute approximate surface area is 124 Å². The van der Waals surface area contributed by atoms with Gasteiger partial charge in [-0.1, -0.05) is 0 Å². The topological polar surface area (TPSA) is 80.3 Å². The second-order valence-corrected chi connectivity index (χ2v) is 5.11. The van der Waals surface area contributed by atoms with Gasteiger partial charge in [-0.2, -0.15) is 0 Å². The highest BCUT2D eigenvalue weighted by molar-refractivity contribution is 5.93. The van der Waals surface area contributed by atoms with E-state index < -0.39 is 0 Å². The monoisotopic (exact) mass is 291 g/mol. The van der Waals surface area contributed by atoms with Crippen molar-refractivity contribution in [1.29, 1.82) is 0 Å². The molecule has 2 amide bonds. The number of nitrogens with zero attached hydrogens (tertiary/aromatic N) is 1. The van der Waals surface area contributed by atoms with Crippen LogP contribution in [0.15, 0.2) is 24.5 Å². The minimum atomic E-state index is -0.179. The first-order valence-corrected chi connectivity index (χ1v) is 7.28. The van der Waals surface area contributed by atoms with Gasteiger partial charge in [-0.3, -0.25) is 14.6 Å². The number of carbonyl (C=O) groups excluding carboxylic acids is 2. The second-order valence-electron chi connectivity index (χ2n) is 5.11. The van der Waals surface area contributed by atoms with Crippen molar-refractivity contribution in [2.75, 3.05) is 26.3 Å². The van der Waals surface area contributed by atoms with E-state index in [1.54, 1.807) is 18.3 Å². The van der Waals surface area contributed by atoms with Crippen LogP contribution >= 0.6 is 0 Å². The summed E-state index contributed by atoms with van der Waals surface area (Å²) >= 11 is 0. The molecule has 114 valence electrons. The molecular weight excluding hydrogens is 270 g/mol. The minimum Gasteiger partial charge on any atom is -0.381 e. The molecule has 0 atom stereocenters. The van der Waals surface area contributed by atoms with Gasteiger partial charge in [-0.15, -0.1) is 0 Å². The van der Waals surface area contributed by atoms with Crippen LogP contribution in [0.25, 0.3) is 0 Å². The quantitative estimate of drug-likeness (QED) is 0.758. The summed E-state index contributed by atoms with van der Waals surface area (Å²) in [5.41, 5.74) is 0.519. The van der Waals surface area contributed by atoms with Crippen molar-refractivity contribution in [3.05, 3.63) is 30.1 Å². The molecule has 1 aliphatic heterocycles. The zero-order valence-corrected chi connectivity index (χ0v) is 12.0. The lowest BCUT2D eigenvalue weighted by atomic mass is 9.96. The van der Waals surface area contributed by atoms with E-state index in [2.05, 4.69) is 15.6 Å². The first-order valence-electron chi connectivity index (χ1n) is 7.28. The number of hydrogen-bond donors (Lipinski definition) is 2. The predicted octanol–water partition coefficient (Wildman–Crippen LogP) is 0.744. The Kier molecular flexibility index (Phi) is 6.15. The number of pyridine rings is 1. The summed E-state index contributed by atoms with van der Waals surface area (Å²) in [5, 5.41) is 5.57. The Morgan fingerprint density at radius 1 is 1.24 bits per heavy atom. The maximum atomic E-state index is 11.8. The van der Waals surface area contributed by atoms with Gasteiger partial charge in [0.2, 0.25) is 5.91 Å². The van der Waals surface area contributed by atoms with E-state index in [0.29, 0.717) is 31.0 Å². The van der Waals surface area contributed by atoms with Crippen molar-refractivity contribution in [2.24, 2.45) is 5.92 Å². The molecule has 2 heterocycles. The van der Waals surface area contributed by atoms with Crippen LogP contribution in [0.1, 0.15) is 29.6 Å². The molecule has 0 saturated carbocycles. The van der Waals surface area contributed by atoms with Crippen molar-refractivity contribution in [3.63, 3.8) is 0 Å². The van der Waals surface area contributed by atoms with Crippen LogP contribution in [0.2, 0.25) is 0 Å². The van der Waals surface area contributed by atoms with Gasteiger partial charge >= 0.3 is 0 Å². The predicted molar refractivity (Wildman–Crippen MR) is 77.7 cm³/mol. The molecular formula is C15H21N3O3. The standard InChI is InChI=1S/C15H21N3O3/c19-14(10-12-3-8-21-9-4-12)17-6-7-18-15(20)13-2-1-5-16-11-13/h1-2,5,11-12H,3-4,6-10H2,(H,17,19)(H,18,20). The largest absolute Gasteiger partial charge is 0.381 e. The van der Waals surface area contributed by atoms with E-state index in [1.807, 2.05) is 0 Å². The van der Waals surface area contributed by atoms with E-state index >= 15 is 0 Å². The van der Waals surface area contributed by atoms with Crippen LogP contribution in [-0.4, -0.2) is 43.1 Å². The molecule has 0 unspecified atom stereocenters. The molecule has 0 bridgehead atoms. The molecule has 1 fully saturated rings. The number of rotatable bonds is 6. The third kappa shape index (κ3) is 5.51. The molecule has 1 aromatic rings. The summed E-state index contributed by atoms with van der Waals surface area (Å²) in [6, 6.07) is 3.41. The Morgan fingerprint density at radius 2 is 2.00 bits per heavy atom. The van der Waals surface area contributed by atoms with Gasteiger partial charge in [-0.25, -0.2) is 0 Å². The molecule has 0 radical (unpaired) electrons. The van der Waals surface area contributed by atoms with Crippen LogP contribution in [0.5, 0.6) is 0 Å². The zero-order chi connectivity index (χ0) is 14.9. The normalized spacial score (nSPS) is 15.4. The summed E-state index contributed by atoms with van der Waals surface area (Å²) in [6.45, 7) is 2.35. The smallest absolute Gasteiger partial charge is 0.252 e. The minimum absolute atomic E-state index is 0.0394. The van der Waals surface area contributed by atoms with Crippen LogP contribution in [0.3, 0.4) is 0 Å². The average Bonchev–Trinajstić information content (AvgIpc) is 2.53. The molecule has 2 N–H and O–H groups in total. The van der Waals surface area contributed by atoms with E-state index in [9.17, 15) is 9.59 Å². The van der Waals surface area contributed by atoms with Gasteiger partial charge in [0.15, 0.2) is 0 Å². The molecule has 1 saturated heterocycles. The first-order chi connectivity index (χ1) is 10.3. The summed E-state index contributed by atoms with van der Waals surface area (Å²) in [4.78, 5) is 27.4. The fraction of sp³-hybridized carbons (Fsp3) is 0.533. The van der Waals surface area contributed by atoms with Crippen molar-refractivity contribution < 1.29 is 14.3 Å². The van der Waals surface area contributed by atoms with Crippen LogP contribution < -0.4 is 10.6 Å². The number of ether oxygens (including phenoxy) is 1. The molecule has 21 heavy (non-hydrogen) atoms. The molecule has 0 aromatic carbocycles. The maximum absolute atomic E-state index is 11.8. The van der Waals surface area contributed by atoms with Gasteiger partial charge in [0.25, 0.3) is 5.91 Å². The Bertz CT molecular complexity index is 458. The van der Waals surface area contributed by atoms with Crippen LogP contribution in [0, 0.1) is 5.92 Å². The molecule has 0 aliphatic carbocycles. The Morgan fingerprint density at radius 3 is 2.71 bits per heavy atom. The highest BCUT2D eigenvalue weighted by Gasteiger charge is 2.17. The Balaban J connectivity index is 1.58. The van der Waals surface area contributed by atoms with Crippen molar-refractivity contribution in [1.82, 2.24) is 15.6 Å². The highest BCUT2D eigenvalue weighted by Crippen LogP contribution is 2.17. The SMILES string of the molecule is O=C(CC1CCOCC1)NCCNC(=O)c1cccnc1. The second kappa shape index (κ2) is 8.36. The lowest BCUT2D eigenvalue weighted by Gasteiger charge is -2.21. The van der Waals surface area contributed by atoms with E-state index in [-0.39, 0.29) is 11.8 Å². The van der Waals surface area contributed by atoms with E-state index in [1.165, 1.54) is 6.20 Å². The van der Waals surface area contributed by atoms with Gasteiger partial charge in [0.1, 0.15) is 0 Å². The third-order valence-electron chi connectivity index (χ3n) is 3.47. The van der Waals surface area contributed by atoms with Gasteiger partial charge in [0.05, 0.1) is 5.56 Å². The average molecular weight is 291 g/mol. The fourth-order valence-electron chi connectivity index (χ4n) is 2.26. The molecule has 6 nitrogen and oxygen atoms in total. The molecule has 1 aliphatic rings. The number of carbonyl (C=O) groups is 2. The molecule has 1 aromatic heterocycles. The number of amides is 2. The number of hydrogen-bond acceptors (Lipinski definition) is 4. The van der Waals surface area contributed by atoms with Crippen LogP contribution in [-0.2, 0) is 9.53 Å². The van der Waals surface area contributed by atoms with E-state index in [0.717, 1.165) is 26.1 Å². The summed E-state index contributed by atoms with van der Waals surface area (Å²) in [5.74, 6) is 0.281. The third-order valence-corrected chi connectivity index (χ3v) is 3.47. The van der Waals surface area contributed by atoms with Gasteiger partial charge < -0.3 is 15.4 Å². The maximum Gasteiger partial charge on any atom is 0.252 e. The van der Waals surface area contributed by atoms with E-state index in [4.69, 9.17) is 4.74 Å². The van der Waals surface area contributed by atoms with Crippen LogP contribution in [0.4, 0.5) is 0 Å². The molecule has 6 heteroatoms. The molecule has 2 rings (SSSR count). The van der Waals surface area contributed by atoms with Crippen molar-refractivity contribution >= 4 is 11.8 Å². The lowest BCUT2D eigenvalue weighted by molar-refractivity contribution is -0.122. The Hall–Kier alpha value is -1.95. The van der Waals surface area contributed by atoms with Crippen molar-refractivity contribution in [3.8, 4) is 0 Å². The molecule has 0 spiro atoms.